The van der Waals surface area contributed by atoms with Gasteiger partial charge in [0.1, 0.15) is 5.82 Å². The van der Waals surface area contributed by atoms with Gasteiger partial charge in [0, 0.05) is 43.3 Å². The summed E-state index contributed by atoms with van der Waals surface area (Å²) < 4.78 is 8.09. The summed E-state index contributed by atoms with van der Waals surface area (Å²) in [5.74, 6) is 1.10. The lowest BCUT2D eigenvalue weighted by molar-refractivity contribution is -0.0357. The molecule has 1 aliphatic rings. The normalized spacial score (nSPS) is 19.0. The molecule has 7 nitrogen and oxygen atoms in total. The highest BCUT2D eigenvalue weighted by molar-refractivity contribution is 4.99. The van der Waals surface area contributed by atoms with Gasteiger partial charge in [0.15, 0.2) is 0 Å². The van der Waals surface area contributed by atoms with Crippen molar-refractivity contribution in [1.29, 1.82) is 0 Å². The Hall–Kier alpha value is -1.99. The molecule has 1 N–H and O–H groups in total. The van der Waals surface area contributed by atoms with Crippen molar-refractivity contribution in [3.63, 3.8) is 0 Å². The van der Waals surface area contributed by atoms with Crippen molar-refractivity contribution >= 4 is 0 Å². The number of morpholine rings is 1. The number of imidazole rings is 1. The number of nitrogens with zero attached hydrogens (tertiary/aromatic N) is 4. The summed E-state index contributed by atoms with van der Waals surface area (Å²) in [4.78, 5) is 24.9. The molecule has 1 fully saturated rings. The number of rotatable bonds is 6. The van der Waals surface area contributed by atoms with Gasteiger partial charge in [-0.25, -0.2) is 9.97 Å². The van der Waals surface area contributed by atoms with Gasteiger partial charge in [0.25, 0.3) is 5.56 Å². The van der Waals surface area contributed by atoms with Gasteiger partial charge < -0.3 is 14.3 Å². The second kappa shape index (κ2) is 7.72. The first-order valence-corrected chi connectivity index (χ1v) is 8.51. The lowest BCUT2D eigenvalue weighted by atomic mass is 10.1. The predicted octanol–water partition coefficient (Wildman–Crippen LogP) is 1.38. The molecule has 130 valence electrons. The quantitative estimate of drug-likeness (QED) is 0.865. The van der Waals surface area contributed by atoms with E-state index in [9.17, 15) is 4.79 Å². The molecule has 0 bridgehead atoms. The highest BCUT2D eigenvalue weighted by atomic mass is 16.5. The van der Waals surface area contributed by atoms with E-state index in [0.29, 0.717) is 6.04 Å². The third-order valence-corrected chi connectivity index (χ3v) is 4.35. The highest BCUT2D eigenvalue weighted by Gasteiger charge is 2.22. The zero-order chi connectivity index (χ0) is 16.9. The van der Waals surface area contributed by atoms with Crippen LogP contribution in [0, 0.1) is 0 Å². The largest absolute Gasteiger partial charge is 0.376 e. The molecule has 0 saturated carbocycles. The monoisotopic (exact) mass is 331 g/mol. The Kier molecular flexibility index (Phi) is 5.42. The first-order chi connectivity index (χ1) is 11.6. The average molecular weight is 331 g/mol. The molecule has 0 unspecified atom stereocenters. The molecule has 0 radical (unpaired) electrons. The van der Waals surface area contributed by atoms with Crippen molar-refractivity contribution in [2.24, 2.45) is 0 Å². The van der Waals surface area contributed by atoms with Gasteiger partial charge in [-0.05, 0) is 26.7 Å². The van der Waals surface area contributed by atoms with E-state index in [1.54, 1.807) is 6.07 Å². The summed E-state index contributed by atoms with van der Waals surface area (Å²) >= 11 is 0. The summed E-state index contributed by atoms with van der Waals surface area (Å²) in [7, 11) is 0. The minimum absolute atomic E-state index is 0.105. The molecule has 1 atom stereocenters. The summed E-state index contributed by atoms with van der Waals surface area (Å²) in [6, 6.07) is 1.97. The molecule has 2 aromatic heterocycles. The van der Waals surface area contributed by atoms with Crippen molar-refractivity contribution in [2.75, 3.05) is 19.7 Å². The number of hydrogen-bond acceptors (Lipinski definition) is 5. The molecule has 7 heteroatoms. The zero-order valence-electron chi connectivity index (χ0n) is 14.3. The average Bonchev–Trinajstić information content (AvgIpc) is 3.02. The lowest BCUT2D eigenvalue weighted by Gasteiger charge is -2.33. The summed E-state index contributed by atoms with van der Waals surface area (Å²) in [6.07, 6.45) is 7.15. The van der Waals surface area contributed by atoms with Gasteiger partial charge >= 0.3 is 0 Å². The Morgan fingerprint density at radius 1 is 1.42 bits per heavy atom. The van der Waals surface area contributed by atoms with Crippen LogP contribution in [-0.4, -0.2) is 50.2 Å². The van der Waals surface area contributed by atoms with Gasteiger partial charge in [0.2, 0.25) is 0 Å². The fourth-order valence-electron chi connectivity index (χ4n) is 3.09. The van der Waals surface area contributed by atoms with Gasteiger partial charge in [-0.1, -0.05) is 0 Å². The zero-order valence-corrected chi connectivity index (χ0v) is 14.3. The summed E-state index contributed by atoms with van der Waals surface area (Å²) in [5, 5.41) is 0. The van der Waals surface area contributed by atoms with E-state index in [2.05, 4.69) is 38.3 Å². The number of aromatic nitrogens is 4. The first kappa shape index (κ1) is 16.9. The molecule has 1 saturated heterocycles. The molecule has 24 heavy (non-hydrogen) atoms. The van der Waals surface area contributed by atoms with Crippen molar-refractivity contribution < 1.29 is 4.74 Å². The number of H-pyrrole nitrogens is 1. The number of aromatic amines is 1. The van der Waals surface area contributed by atoms with E-state index in [4.69, 9.17) is 4.74 Å². The van der Waals surface area contributed by atoms with Gasteiger partial charge in [-0.2, -0.15) is 0 Å². The molecule has 1 aliphatic heterocycles. The maximum absolute atomic E-state index is 11.3. The standard InChI is InChI=1S/C17H25N5O2/c1-13(2)22-6-5-18-16(22)11-21-7-8-24-15(10-21)4-3-14-9-17(23)20-12-19-14/h5-6,9,12-13,15H,3-4,7-8,10-11H2,1-2H3,(H,19,20,23)/t15-/m0/s1. The number of nitrogens with one attached hydrogen (secondary N) is 1. The minimum Gasteiger partial charge on any atom is -0.376 e. The molecule has 0 aromatic carbocycles. The molecular formula is C17H25N5O2. The second-order valence-electron chi connectivity index (χ2n) is 6.51. The Balaban J connectivity index is 1.54. The number of hydrogen-bond donors (Lipinski definition) is 1. The van der Waals surface area contributed by atoms with Crippen LogP contribution < -0.4 is 5.56 Å². The first-order valence-electron chi connectivity index (χ1n) is 8.51. The van der Waals surface area contributed by atoms with E-state index >= 15 is 0 Å². The van der Waals surface area contributed by atoms with Crippen LogP contribution in [0.4, 0.5) is 0 Å². The number of aryl methyl sites for hydroxylation is 1. The van der Waals surface area contributed by atoms with E-state index in [1.807, 2.05) is 12.4 Å². The highest BCUT2D eigenvalue weighted by Crippen LogP contribution is 2.15. The van der Waals surface area contributed by atoms with Crippen LogP contribution in [0.2, 0.25) is 0 Å². The van der Waals surface area contributed by atoms with Crippen molar-refractivity contribution in [3.05, 3.63) is 46.7 Å². The van der Waals surface area contributed by atoms with Crippen LogP contribution in [0.5, 0.6) is 0 Å². The smallest absolute Gasteiger partial charge is 0.250 e. The van der Waals surface area contributed by atoms with E-state index in [0.717, 1.165) is 50.6 Å². The molecule has 2 aromatic rings. The van der Waals surface area contributed by atoms with Gasteiger partial charge in [-0.3, -0.25) is 9.69 Å². The molecule has 0 spiro atoms. The van der Waals surface area contributed by atoms with Crippen LogP contribution in [0.25, 0.3) is 0 Å². The fraction of sp³-hybridized carbons (Fsp3) is 0.588. The maximum Gasteiger partial charge on any atom is 0.250 e. The van der Waals surface area contributed by atoms with Crippen LogP contribution >= 0.6 is 0 Å². The van der Waals surface area contributed by atoms with Crippen molar-refractivity contribution in [1.82, 2.24) is 24.4 Å². The van der Waals surface area contributed by atoms with Gasteiger partial charge in [-0.15, -0.1) is 0 Å². The SMILES string of the molecule is CC(C)n1ccnc1CN1CCO[C@@H](CCc2cc(=O)[nH]cn2)C1. The van der Waals surface area contributed by atoms with Crippen molar-refractivity contribution in [3.8, 4) is 0 Å². The predicted molar refractivity (Wildman–Crippen MR) is 90.8 cm³/mol. The molecular weight excluding hydrogens is 306 g/mol. The Morgan fingerprint density at radius 3 is 3.08 bits per heavy atom. The van der Waals surface area contributed by atoms with Crippen LogP contribution in [-0.2, 0) is 17.7 Å². The van der Waals surface area contributed by atoms with E-state index < -0.39 is 0 Å². The van der Waals surface area contributed by atoms with E-state index in [-0.39, 0.29) is 11.7 Å². The third-order valence-electron chi connectivity index (χ3n) is 4.35. The molecule has 3 rings (SSSR count). The maximum atomic E-state index is 11.3. The summed E-state index contributed by atoms with van der Waals surface area (Å²) in [5.41, 5.74) is 0.710. The van der Waals surface area contributed by atoms with Crippen molar-refractivity contribution in [2.45, 2.75) is 45.4 Å². The molecule has 0 aliphatic carbocycles. The topological polar surface area (TPSA) is 76.0 Å². The Bertz CT molecular complexity index is 709. The Morgan fingerprint density at radius 2 is 2.29 bits per heavy atom. The molecule has 3 heterocycles. The van der Waals surface area contributed by atoms with E-state index in [1.165, 1.54) is 6.33 Å². The van der Waals surface area contributed by atoms with Crippen LogP contribution in [0.3, 0.4) is 0 Å². The Labute approximate surface area is 141 Å². The summed E-state index contributed by atoms with van der Waals surface area (Å²) in [6.45, 7) is 7.72. The third kappa shape index (κ3) is 4.30. The fourth-order valence-corrected chi connectivity index (χ4v) is 3.09. The number of ether oxygens (including phenoxy) is 1. The lowest BCUT2D eigenvalue weighted by Crippen LogP contribution is -2.42. The minimum atomic E-state index is -0.105. The van der Waals surface area contributed by atoms with Crippen LogP contribution in [0.1, 0.15) is 37.8 Å². The molecule has 0 amide bonds. The second-order valence-corrected chi connectivity index (χ2v) is 6.51. The van der Waals surface area contributed by atoms with Gasteiger partial charge in [0.05, 0.1) is 25.6 Å². The van der Waals surface area contributed by atoms with Crippen LogP contribution in [0.15, 0.2) is 29.6 Å².